The topological polar surface area (TPSA) is 128 Å². The van der Waals surface area contributed by atoms with E-state index in [1.807, 2.05) is 13.8 Å². The van der Waals surface area contributed by atoms with Crippen molar-refractivity contribution < 1.29 is 41.0 Å². The number of hydrogen-bond acceptors (Lipinski definition) is 6. The van der Waals surface area contributed by atoms with Crippen LogP contribution in [0.5, 0.6) is 5.75 Å². The molecular weight excluding hydrogens is 613 g/mol. The first-order chi connectivity index (χ1) is 21.1. The minimum Gasteiger partial charge on any atom is -0.488 e. The molecular formula is C31H35F3N4O6S. The van der Waals surface area contributed by atoms with Crippen molar-refractivity contribution in [1.29, 1.82) is 0 Å². The van der Waals surface area contributed by atoms with Gasteiger partial charge in [-0.15, -0.1) is 0 Å². The van der Waals surface area contributed by atoms with Crippen molar-refractivity contribution in [2.45, 2.75) is 44.0 Å². The zero-order valence-electron chi connectivity index (χ0n) is 25.1. The van der Waals surface area contributed by atoms with Crippen molar-refractivity contribution in [2.75, 3.05) is 37.4 Å². The van der Waals surface area contributed by atoms with E-state index in [2.05, 4.69) is 10.6 Å². The highest BCUT2D eigenvalue weighted by Crippen LogP contribution is 2.32. The van der Waals surface area contributed by atoms with Crippen LogP contribution in [0.2, 0.25) is 0 Å². The number of aliphatic hydroxyl groups is 1. The number of aliphatic hydroxyl groups excluding tert-OH is 1. The number of fused-ring (bicyclic) bond motifs is 1. The van der Waals surface area contributed by atoms with Gasteiger partial charge in [-0.05, 0) is 68.4 Å². The lowest BCUT2D eigenvalue weighted by atomic mass is 9.99. The van der Waals surface area contributed by atoms with Crippen LogP contribution in [0.15, 0.2) is 71.6 Å². The van der Waals surface area contributed by atoms with E-state index >= 15 is 0 Å². The summed E-state index contributed by atoms with van der Waals surface area (Å²) in [5.74, 6) is -0.662. The fraction of sp³-hybridized carbons (Fsp3) is 0.355. The van der Waals surface area contributed by atoms with Crippen LogP contribution in [0.25, 0.3) is 0 Å². The second-order valence-electron chi connectivity index (χ2n) is 11.1. The maximum absolute atomic E-state index is 13.7. The first-order valence-corrected chi connectivity index (χ1v) is 15.5. The molecule has 10 nitrogen and oxygen atoms in total. The predicted octanol–water partition coefficient (Wildman–Crippen LogP) is 5.20. The molecule has 242 valence electrons. The van der Waals surface area contributed by atoms with E-state index in [1.54, 1.807) is 19.1 Å². The summed E-state index contributed by atoms with van der Waals surface area (Å²) in [7, 11) is -2.40. The van der Waals surface area contributed by atoms with Crippen molar-refractivity contribution in [1.82, 2.24) is 9.21 Å². The molecule has 1 aliphatic heterocycles. The second-order valence-corrected chi connectivity index (χ2v) is 13.1. The van der Waals surface area contributed by atoms with Gasteiger partial charge in [-0.3, -0.25) is 4.79 Å². The molecule has 0 fully saturated rings. The molecule has 1 heterocycles. The van der Waals surface area contributed by atoms with Gasteiger partial charge in [0, 0.05) is 30.9 Å². The number of benzene rings is 3. The number of carbonyl (C=O) groups excluding carboxylic acids is 2. The Labute approximate surface area is 259 Å². The Bertz CT molecular complexity index is 1630. The van der Waals surface area contributed by atoms with Gasteiger partial charge in [0.25, 0.3) is 5.91 Å². The SMILES string of the molecule is Cc1ccc(S(=O)(=O)N(C)C[C@H]2Oc3ccc(NC(=O)Nc4ccc(C(F)(F)F)cc4)cc3C(=O)N([C@H](C)CO)C[C@@H]2C)cc1. The molecule has 45 heavy (non-hydrogen) atoms. The standard InChI is InChI=1S/C31H35F3N4O6S/c1-19-5-12-25(13-6-19)45(42,43)37(4)17-28-20(2)16-38(21(3)18-39)29(40)26-15-24(11-14-27(26)44-28)36-30(41)35-23-9-7-22(8-10-23)31(32,33)34/h5-15,20-21,28,39H,16-18H2,1-4H3,(H2,35,36,41)/t20-,21+,28+/m0/s1. The number of carbonyl (C=O) groups is 2. The van der Waals surface area contributed by atoms with Crippen molar-refractivity contribution in [3.8, 4) is 5.75 Å². The fourth-order valence-electron chi connectivity index (χ4n) is 4.80. The molecule has 0 aromatic heterocycles. The minimum absolute atomic E-state index is 0.0398. The number of aryl methyl sites for hydroxylation is 1. The molecule has 4 rings (SSSR count). The van der Waals surface area contributed by atoms with E-state index < -0.39 is 45.8 Å². The Kier molecular flexibility index (Phi) is 10.1. The highest BCUT2D eigenvalue weighted by molar-refractivity contribution is 7.89. The lowest BCUT2D eigenvalue weighted by molar-refractivity contribution is -0.137. The molecule has 0 radical (unpaired) electrons. The van der Waals surface area contributed by atoms with E-state index in [-0.39, 0.29) is 53.2 Å². The third-order valence-electron chi connectivity index (χ3n) is 7.56. The molecule has 0 spiro atoms. The normalized spacial score (nSPS) is 18.0. The third kappa shape index (κ3) is 7.93. The Morgan fingerprint density at radius 2 is 1.67 bits per heavy atom. The number of alkyl halides is 3. The van der Waals surface area contributed by atoms with Crippen LogP contribution < -0.4 is 15.4 Å². The summed E-state index contributed by atoms with van der Waals surface area (Å²) >= 11 is 0. The first-order valence-electron chi connectivity index (χ1n) is 14.1. The maximum atomic E-state index is 13.7. The van der Waals surface area contributed by atoms with E-state index in [1.165, 1.54) is 46.6 Å². The summed E-state index contributed by atoms with van der Waals surface area (Å²) in [6.07, 6.45) is -5.21. The van der Waals surface area contributed by atoms with Gasteiger partial charge in [-0.1, -0.05) is 24.6 Å². The summed E-state index contributed by atoms with van der Waals surface area (Å²) in [5.41, 5.74) is 0.441. The zero-order chi connectivity index (χ0) is 33.1. The van der Waals surface area contributed by atoms with Gasteiger partial charge >= 0.3 is 12.2 Å². The van der Waals surface area contributed by atoms with Gasteiger partial charge in [0.1, 0.15) is 11.9 Å². The monoisotopic (exact) mass is 648 g/mol. The summed E-state index contributed by atoms with van der Waals surface area (Å²) in [5, 5.41) is 14.9. The molecule has 0 unspecified atom stereocenters. The van der Waals surface area contributed by atoms with Crippen molar-refractivity contribution in [3.63, 3.8) is 0 Å². The van der Waals surface area contributed by atoms with Gasteiger partial charge in [0.15, 0.2) is 0 Å². The highest BCUT2D eigenvalue weighted by atomic mass is 32.2. The summed E-state index contributed by atoms with van der Waals surface area (Å²) < 4.78 is 72.6. The van der Waals surface area contributed by atoms with Crippen molar-refractivity contribution in [3.05, 3.63) is 83.4 Å². The Hall–Kier alpha value is -4.14. The van der Waals surface area contributed by atoms with Gasteiger partial charge in [0.2, 0.25) is 10.0 Å². The Morgan fingerprint density at radius 3 is 2.27 bits per heavy atom. The van der Waals surface area contributed by atoms with Crippen LogP contribution in [0.4, 0.5) is 29.3 Å². The number of likely N-dealkylation sites (N-methyl/N-ethyl adjacent to an activating group) is 1. The lowest BCUT2D eigenvalue weighted by Gasteiger charge is -2.38. The summed E-state index contributed by atoms with van der Waals surface area (Å²) in [6.45, 7) is 5.14. The number of halogens is 3. The van der Waals surface area contributed by atoms with Crippen molar-refractivity contribution >= 4 is 33.3 Å². The molecule has 3 amide bonds. The summed E-state index contributed by atoms with van der Waals surface area (Å²) in [6, 6.07) is 13.4. The largest absolute Gasteiger partial charge is 0.488 e. The number of ether oxygens (including phenoxy) is 1. The summed E-state index contributed by atoms with van der Waals surface area (Å²) in [4.78, 5) is 27.9. The second kappa shape index (κ2) is 13.5. The molecule has 3 N–H and O–H groups in total. The molecule has 3 atom stereocenters. The number of nitrogens with one attached hydrogen (secondary N) is 2. The van der Waals surface area contributed by atoms with E-state index in [9.17, 15) is 36.3 Å². The fourth-order valence-corrected chi connectivity index (χ4v) is 5.98. The minimum atomic E-state index is -4.51. The number of nitrogens with zero attached hydrogens (tertiary/aromatic N) is 2. The van der Waals surface area contributed by atoms with Crippen LogP contribution in [0.3, 0.4) is 0 Å². The van der Waals surface area contributed by atoms with Gasteiger partial charge < -0.3 is 25.4 Å². The first kappa shape index (κ1) is 33.7. The molecule has 0 saturated heterocycles. The number of anilines is 2. The Balaban J connectivity index is 1.58. The number of amides is 3. The zero-order valence-corrected chi connectivity index (χ0v) is 25.9. The highest BCUT2D eigenvalue weighted by Gasteiger charge is 2.35. The van der Waals surface area contributed by atoms with Crippen LogP contribution in [0, 0.1) is 12.8 Å². The average Bonchev–Trinajstić information content (AvgIpc) is 2.98. The van der Waals surface area contributed by atoms with Crippen LogP contribution in [0.1, 0.15) is 35.3 Å². The number of hydrogen-bond donors (Lipinski definition) is 3. The lowest BCUT2D eigenvalue weighted by Crippen LogP contribution is -2.50. The van der Waals surface area contributed by atoms with Gasteiger partial charge in [0.05, 0.1) is 35.2 Å². The van der Waals surface area contributed by atoms with Gasteiger partial charge in [-0.25, -0.2) is 13.2 Å². The molecule has 3 aromatic carbocycles. The molecule has 1 aliphatic rings. The Morgan fingerprint density at radius 1 is 1.07 bits per heavy atom. The van der Waals surface area contributed by atoms with Crippen LogP contribution >= 0.6 is 0 Å². The van der Waals surface area contributed by atoms with Crippen molar-refractivity contribution in [2.24, 2.45) is 5.92 Å². The molecule has 3 aromatic rings. The number of sulfonamides is 1. The van der Waals surface area contributed by atoms with Gasteiger partial charge in [-0.2, -0.15) is 17.5 Å². The smallest absolute Gasteiger partial charge is 0.416 e. The molecule has 0 aliphatic carbocycles. The number of urea groups is 1. The molecule has 0 bridgehead atoms. The molecule has 14 heteroatoms. The van der Waals surface area contributed by atoms with E-state index in [4.69, 9.17) is 4.74 Å². The molecule has 0 saturated carbocycles. The third-order valence-corrected chi connectivity index (χ3v) is 9.40. The van der Waals surface area contributed by atoms with Crippen LogP contribution in [-0.4, -0.2) is 73.6 Å². The maximum Gasteiger partial charge on any atom is 0.416 e. The van der Waals surface area contributed by atoms with E-state index in [0.717, 1.165) is 29.8 Å². The predicted molar refractivity (Wildman–Crippen MR) is 163 cm³/mol. The number of rotatable bonds is 8. The average molecular weight is 649 g/mol. The van der Waals surface area contributed by atoms with Crippen LogP contribution in [-0.2, 0) is 16.2 Å². The quantitative estimate of drug-likeness (QED) is 0.308. The van der Waals surface area contributed by atoms with E-state index in [0.29, 0.717) is 0 Å².